The molecule has 0 atom stereocenters. The first-order chi connectivity index (χ1) is 3.71. The van der Waals surface area contributed by atoms with Crippen LogP contribution in [-0.2, 0) is 13.4 Å². The first-order valence-electron chi connectivity index (χ1n) is 1.53. The second-order valence-corrected chi connectivity index (χ2v) is 3.68. The molecule has 11 heteroatoms. The second-order valence-electron chi connectivity index (χ2n) is 1.06. The van der Waals surface area contributed by atoms with E-state index < -0.39 is 15.6 Å². The maximum atomic E-state index is 9.63. The van der Waals surface area contributed by atoms with Gasteiger partial charge < -0.3 is 19.6 Å². The van der Waals surface area contributed by atoms with E-state index in [4.69, 9.17) is 19.6 Å². The Morgan fingerprint density at radius 1 is 0.818 bits per heavy atom. The van der Waals surface area contributed by atoms with Crippen LogP contribution in [0.1, 0.15) is 0 Å². The first-order valence-corrected chi connectivity index (χ1v) is 4.59. The van der Waals surface area contributed by atoms with Crippen molar-refractivity contribution in [3.8, 4) is 0 Å². The van der Waals surface area contributed by atoms with Crippen LogP contribution in [0.25, 0.3) is 0 Å². The summed E-state index contributed by atoms with van der Waals surface area (Å²) >= 11 is 0. The van der Waals surface area contributed by atoms with Crippen LogP contribution < -0.4 is 0 Å². The molecule has 0 aliphatic heterocycles. The Morgan fingerprint density at radius 3 is 1.00 bits per heavy atom. The molecule has 0 amide bonds. The topological polar surface area (TPSA) is 124 Å². The van der Waals surface area contributed by atoms with Gasteiger partial charge in [0.05, 0.1) is 0 Å². The summed E-state index contributed by atoms with van der Waals surface area (Å²) < 4.78 is 22.2. The summed E-state index contributed by atoms with van der Waals surface area (Å²) in [5.74, 6) is 0. The number of hydrogen-bond donors (Lipinski definition) is 4. The molecular formula is H4Ca2O7P2. The van der Waals surface area contributed by atoms with Crippen LogP contribution in [0.2, 0.25) is 0 Å². The van der Waals surface area contributed by atoms with Crippen LogP contribution in [-0.4, -0.2) is 95.1 Å². The molecule has 0 rings (SSSR count). The molecule has 0 aromatic rings. The molecule has 0 aromatic carbocycles. The Balaban J connectivity index is -0.000000320. The smallest absolute Gasteiger partial charge is 0.302 e. The normalized spacial score (nSPS) is 11.3. The van der Waals surface area contributed by atoms with Crippen LogP contribution in [0.4, 0.5) is 0 Å². The fourth-order valence-electron chi connectivity index (χ4n) is 0.139. The molecule has 60 valence electrons. The third-order valence-corrected chi connectivity index (χ3v) is 1.91. The van der Waals surface area contributed by atoms with Crippen molar-refractivity contribution < 1.29 is 33.0 Å². The van der Waals surface area contributed by atoms with Gasteiger partial charge in [0.15, 0.2) is 0 Å². The second kappa shape index (κ2) is 7.12. The van der Waals surface area contributed by atoms with Crippen molar-refractivity contribution in [2.24, 2.45) is 0 Å². The summed E-state index contributed by atoms with van der Waals surface area (Å²) in [6, 6.07) is 0. The summed E-state index contributed by atoms with van der Waals surface area (Å²) in [5, 5.41) is 0. The summed E-state index contributed by atoms with van der Waals surface area (Å²) in [7, 11) is -10.1. The number of phosphoric acid groups is 2. The summed E-state index contributed by atoms with van der Waals surface area (Å²) in [4.78, 5) is 31.0. The molecule has 0 spiro atoms. The molecule has 0 aliphatic rings. The molecule has 4 radical (unpaired) electrons. The molecule has 0 heterocycles. The van der Waals surface area contributed by atoms with E-state index in [9.17, 15) is 9.13 Å². The molecular weight excluding hydrogens is 254 g/mol. The zero-order valence-electron chi connectivity index (χ0n) is 5.32. The predicted molar refractivity (Wildman–Crippen MR) is 36.7 cm³/mol. The summed E-state index contributed by atoms with van der Waals surface area (Å²) in [5.41, 5.74) is 0. The zero-order chi connectivity index (χ0) is 7.71. The van der Waals surface area contributed by atoms with Crippen LogP contribution in [0, 0.1) is 0 Å². The minimum Gasteiger partial charge on any atom is -0.302 e. The maximum absolute atomic E-state index is 9.63. The molecule has 0 saturated heterocycles. The Labute approximate surface area is 122 Å². The minimum atomic E-state index is -5.05. The van der Waals surface area contributed by atoms with Crippen molar-refractivity contribution in [3.63, 3.8) is 0 Å². The fraction of sp³-hybridized carbons (Fsp3) is 0. The van der Waals surface area contributed by atoms with Crippen molar-refractivity contribution in [1.29, 1.82) is 0 Å². The monoisotopic (exact) mass is 258 g/mol. The van der Waals surface area contributed by atoms with Crippen molar-refractivity contribution in [3.05, 3.63) is 0 Å². The van der Waals surface area contributed by atoms with Crippen molar-refractivity contribution in [1.82, 2.24) is 0 Å². The Morgan fingerprint density at radius 2 is 1.00 bits per heavy atom. The molecule has 0 aliphatic carbocycles. The zero-order valence-corrected chi connectivity index (χ0v) is 11.5. The van der Waals surface area contributed by atoms with E-state index in [1.807, 2.05) is 0 Å². The molecule has 4 N–H and O–H groups in total. The fourth-order valence-corrected chi connectivity index (χ4v) is 1.25. The van der Waals surface area contributed by atoms with E-state index in [1.165, 1.54) is 0 Å². The molecule has 11 heavy (non-hydrogen) atoms. The summed E-state index contributed by atoms with van der Waals surface area (Å²) in [6.45, 7) is 0. The third kappa shape index (κ3) is 19.3. The van der Waals surface area contributed by atoms with Gasteiger partial charge in [0, 0.05) is 75.5 Å². The van der Waals surface area contributed by atoms with Crippen LogP contribution in [0.5, 0.6) is 0 Å². The van der Waals surface area contributed by atoms with E-state index in [2.05, 4.69) is 4.31 Å². The van der Waals surface area contributed by atoms with E-state index in [-0.39, 0.29) is 75.5 Å². The minimum absolute atomic E-state index is 0. The van der Waals surface area contributed by atoms with E-state index in [1.54, 1.807) is 0 Å². The molecule has 0 bridgehead atoms. The number of hydrogen-bond acceptors (Lipinski definition) is 3. The van der Waals surface area contributed by atoms with Gasteiger partial charge in [-0.1, -0.05) is 0 Å². The van der Waals surface area contributed by atoms with Gasteiger partial charge >= 0.3 is 15.6 Å². The van der Waals surface area contributed by atoms with Gasteiger partial charge in [-0.15, -0.1) is 0 Å². The van der Waals surface area contributed by atoms with Gasteiger partial charge in [-0.3, -0.25) is 0 Å². The third-order valence-electron chi connectivity index (χ3n) is 0.213. The van der Waals surface area contributed by atoms with Gasteiger partial charge in [0.25, 0.3) is 0 Å². The van der Waals surface area contributed by atoms with Gasteiger partial charge in [-0.05, 0) is 0 Å². The maximum Gasteiger partial charge on any atom is 0.478 e. The predicted octanol–water partition coefficient (Wildman–Crippen LogP) is -1.57. The van der Waals surface area contributed by atoms with Crippen LogP contribution >= 0.6 is 15.6 Å². The van der Waals surface area contributed by atoms with Crippen molar-refractivity contribution >= 4 is 91.1 Å². The number of rotatable bonds is 2. The van der Waals surface area contributed by atoms with Crippen molar-refractivity contribution in [2.45, 2.75) is 0 Å². The largest absolute Gasteiger partial charge is 0.478 e. The average molecular weight is 258 g/mol. The van der Waals surface area contributed by atoms with Crippen LogP contribution in [0.15, 0.2) is 0 Å². The van der Waals surface area contributed by atoms with E-state index >= 15 is 0 Å². The molecule has 0 fully saturated rings. The van der Waals surface area contributed by atoms with Crippen molar-refractivity contribution in [2.75, 3.05) is 0 Å². The standard InChI is InChI=1S/2Ca.H4O7P2/c;;1-8(2,3)7-9(4,5)6/h;;(H2,1,2,3)(H2,4,5,6). The first kappa shape index (κ1) is 19.4. The Bertz CT molecular complexity index is 155. The van der Waals surface area contributed by atoms with E-state index in [0.29, 0.717) is 0 Å². The van der Waals surface area contributed by atoms with Gasteiger partial charge in [-0.2, -0.15) is 4.31 Å². The van der Waals surface area contributed by atoms with E-state index in [0.717, 1.165) is 0 Å². The van der Waals surface area contributed by atoms with Gasteiger partial charge in [0.1, 0.15) is 0 Å². The molecule has 0 aromatic heterocycles. The SMILES string of the molecule is O=P(O)(O)OP(=O)(O)O.[Ca].[Ca]. The molecule has 0 unspecified atom stereocenters. The Kier molecular flexibility index (Phi) is 12.5. The van der Waals surface area contributed by atoms with Crippen LogP contribution in [0.3, 0.4) is 0 Å². The molecule has 0 saturated carbocycles. The van der Waals surface area contributed by atoms with Gasteiger partial charge in [-0.25, -0.2) is 9.13 Å². The quantitative estimate of drug-likeness (QED) is 0.348. The van der Waals surface area contributed by atoms with Gasteiger partial charge in [0.2, 0.25) is 0 Å². The Hall–Kier alpha value is 2.78. The average Bonchev–Trinajstić information content (AvgIpc) is 1.14. The summed E-state index contributed by atoms with van der Waals surface area (Å²) in [6.07, 6.45) is 0. The molecule has 7 nitrogen and oxygen atoms in total.